The summed E-state index contributed by atoms with van der Waals surface area (Å²) in [7, 11) is -4.00. The van der Waals surface area contributed by atoms with Gasteiger partial charge in [0.05, 0.1) is 29.6 Å². The lowest BCUT2D eigenvalue weighted by Gasteiger charge is -2.20. The minimum Gasteiger partial charge on any atom is -0.377 e. The van der Waals surface area contributed by atoms with Crippen LogP contribution in [0.25, 0.3) is 0 Å². The molecule has 0 heterocycles. The SMILES string of the molecule is Cc1ccc(S(=O)(=O)OC(CCOCc2ccccc2)CC(C#N)c2cccc(Cl)c2)cc1. The fourth-order valence-corrected chi connectivity index (χ4v) is 4.69. The van der Waals surface area contributed by atoms with Gasteiger partial charge in [-0.25, -0.2) is 0 Å². The molecule has 2 atom stereocenters. The maximum absolute atomic E-state index is 12.9. The second-order valence-corrected chi connectivity index (χ2v) is 9.79. The molecule has 0 fully saturated rings. The van der Waals surface area contributed by atoms with Crippen molar-refractivity contribution in [2.75, 3.05) is 6.61 Å². The molecular weight excluding hydrogens is 458 g/mol. The van der Waals surface area contributed by atoms with Gasteiger partial charge >= 0.3 is 0 Å². The Bertz CT molecular complexity index is 1170. The van der Waals surface area contributed by atoms with E-state index < -0.39 is 22.1 Å². The van der Waals surface area contributed by atoms with Gasteiger partial charge in [-0.05, 0) is 55.2 Å². The van der Waals surface area contributed by atoms with Gasteiger partial charge in [-0.2, -0.15) is 13.7 Å². The molecule has 0 saturated carbocycles. The zero-order valence-electron chi connectivity index (χ0n) is 18.4. The molecule has 0 aliphatic carbocycles. The average molecular weight is 484 g/mol. The molecule has 0 aliphatic rings. The Labute approximate surface area is 200 Å². The highest BCUT2D eigenvalue weighted by atomic mass is 35.5. The average Bonchev–Trinajstić information content (AvgIpc) is 2.81. The first-order valence-electron chi connectivity index (χ1n) is 10.6. The summed E-state index contributed by atoms with van der Waals surface area (Å²) < 4.78 is 37.2. The first-order chi connectivity index (χ1) is 15.9. The Morgan fingerprint density at radius 2 is 1.73 bits per heavy atom. The van der Waals surface area contributed by atoms with E-state index >= 15 is 0 Å². The highest BCUT2D eigenvalue weighted by Crippen LogP contribution is 2.27. The van der Waals surface area contributed by atoms with E-state index in [0.717, 1.165) is 16.7 Å². The Morgan fingerprint density at radius 1 is 1.00 bits per heavy atom. The minimum absolute atomic E-state index is 0.0829. The second kappa shape index (κ2) is 12.0. The third-order valence-electron chi connectivity index (χ3n) is 5.17. The molecule has 0 saturated heterocycles. The standard InChI is InChI=1S/C26H26ClNO4S/c1-20-10-12-26(13-11-20)33(29,30)32-25(14-15-31-19-21-6-3-2-4-7-21)17-23(18-28)22-8-5-9-24(27)16-22/h2-13,16,23,25H,14-15,17,19H2,1H3. The Kier molecular flexibility index (Phi) is 9.04. The van der Waals surface area contributed by atoms with Crippen LogP contribution in [0.2, 0.25) is 5.02 Å². The van der Waals surface area contributed by atoms with Crippen LogP contribution in [0.3, 0.4) is 0 Å². The van der Waals surface area contributed by atoms with Gasteiger partial charge in [0.2, 0.25) is 0 Å². The van der Waals surface area contributed by atoms with Crippen LogP contribution in [0.1, 0.15) is 35.4 Å². The Morgan fingerprint density at radius 3 is 2.39 bits per heavy atom. The number of nitriles is 1. The third-order valence-corrected chi connectivity index (χ3v) is 6.78. The van der Waals surface area contributed by atoms with E-state index in [1.807, 2.05) is 37.3 Å². The molecule has 0 amide bonds. The second-order valence-electron chi connectivity index (χ2n) is 7.78. The number of hydrogen-bond acceptors (Lipinski definition) is 5. The summed E-state index contributed by atoms with van der Waals surface area (Å²) in [5, 5.41) is 10.3. The molecule has 0 aromatic heterocycles. The van der Waals surface area contributed by atoms with Crippen LogP contribution in [0.5, 0.6) is 0 Å². The lowest BCUT2D eigenvalue weighted by atomic mass is 9.93. The number of nitrogens with zero attached hydrogens (tertiary/aromatic N) is 1. The number of rotatable bonds is 11. The summed E-state index contributed by atoms with van der Waals surface area (Å²) in [6.07, 6.45) is -0.233. The number of aryl methyl sites for hydroxylation is 1. The first kappa shape index (κ1) is 24.9. The molecular formula is C26H26ClNO4S. The zero-order chi connectivity index (χ0) is 23.7. The van der Waals surface area contributed by atoms with Crippen LogP contribution in [0.15, 0.2) is 83.8 Å². The first-order valence-corrected chi connectivity index (χ1v) is 12.4. The van der Waals surface area contributed by atoms with Gasteiger partial charge in [0, 0.05) is 11.6 Å². The molecule has 3 aromatic rings. The van der Waals surface area contributed by atoms with Crippen molar-refractivity contribution in [1.29, 1.82) is 5.26 Å². The van der Waals surface area contributed by atoms with E-state index in [1.165, 1.54) is 12.1 Å². The normalized spacial score (nSPS) is 13.2. The lowest BCUT2D eigenvalue weighted by molar-refractivity contribution is 0.0810. The Balaban J connectivity index is 1.73. The molecule has 3 aromatic carbocycles. The number of ether oxygens (including phenoxy) is 1. The summed E-state index contributed by atoms with van der Waals surface area (Å²) in [4.78, 5) is 0.0829. The van der Waals surface area contributed by atoms with Gasteiger partial charge in [0.15, 0.2) is 0 Å². The van der Waals surface area contributed by atoms with Crippen LogP contribution in [0, 0.1) is 18.3 Å². The van der Waals surface area contributed by atoms with Crippen molar-refractivity contribution < 1.29 is 17.3 Å². The fourth-order valence-electron chi connectivity index (χ4n) is 3.37. The molecule has 0 bridgehead atoms. The predicted molar refractivity (Wildman–Crippen MR) is 128 cm³/mol. The smallest absolute Gasteiger partial charge is 0.297 e. The van der Waals surface area contributed by atoms with Crippen LogP contribution in [0.4, 0.5) is 0 Å². The highest BCUT2D eigenvalue weighted by Gasteiger charge is 2.26. The van der Waals surface area contributed by atoms with E-state index in [1.54, 1.807) is 36.4 Å². The molecule has 33 heavy (non-hydrogen) atoms. The van der Waals surface area contributed by atoms with Crippen molar-refractivity contribution in [3.8, 4) is 6.07 Å². The quantitative estimate of drug-likeness (QED) is 0.246. The van der Waals surface area contributed by atoms with Gasteiger partial charge in [-0.15, -0.1) is 0 Å². The van der Waals surface area contributed by atoms with Crippen LogP contribution >= 0.6 is 11.6 Å². The van der Waals surface area contributed by atoms with E-state index in [0.29, 0.717) is 18.1 Å². The van der Waals surface area contributed by atoms with Gasteiger partial charge in [0.1, 0.15) is 0 Å². The van der Waals surface area contributed by atoms with Crippen molar-refractivity contribution in [2.45, 2.75) is 43.3 Å². The van der Waals surface area contributed by atoms with E-state index in [9.17, 15) is 13.7 Å². The highest BCUT2D eigenvalue weighted by molar-refractivity contribution is 7.86. The lowest BCUT2D eigenvalue weighted by Crippen LogP contribution is -2.23. The summed E-state index contributed by atoms with van der Waals surface area (Å²) in [5.74, 6) is -0.573. The van der Waals surface area contributed by atoms with E-state index in [4.69, 9.17) is 20.5 Å². The maximum atomic E-state index is 12.9. The monoisotopic (exact) mass is 483 g/mol. The molecule has 7 heteroatoms. The van der Waals surface area contributed by atoms with Crippen molar-refractivity contribution in [1.82, 2.24) is 0 Å². The molecule has 3 rings (SSSR count). The summed E-state index contributed by atoms with van der Waals surface area (Å²) in [6, 6.07) is 25.5. The molecule has 0 spiro atoms. The zero-order valence-corrected chi connectivity index (χ0v) is 19.9. The van der Waals surface area contributed by atoms with E-state index in [-0.39, 0.29) is 17.9 Å². The van der Waals surface area contributed by atoms with E-state index in [2.05, 4.69) is 6.07 Å². The molecule has 0 radical (unpaired) electrons. The van der Waals surface area contributed by atoms with Crippen molar-refractivity contribution in [3.05, 3.63) is 101 Å². The fraction of sp³-hybridized carbons (Fsp3) is 0.269. The summed E-state index contributed by atoms with van der Waals surface area (Å²) >= 11 is 6.09. The summed E-state index contributed by atoms with van der Waals surface area (Å²) in [6.45, 7) is 2.58. The van der Waals surface area contributed by atoms with Crippen LogP contribution < -0.4 is 0 Å². The number of hydrogen-bond donors (Lipinski definition) is 0. The van der Waals surface area contributed by atoms with Crippen LogP contribution in [-0.4, -0.2) is 21.1 Å². The Hall–Kier alpha value is -2.69. The molecule has 172 valence electrons. The minimum atomic E-state index is -4.00. The summed E-state index contributed by atoms with van der Waals surface area (Å²) in [5.41, 5.74) is 2.69. The van der Waals surface area contributed by atoms with Crippen molar-refractivity contribution >= 4 is 21.7 Å². The van der Waals surface area contributed by atoms with Gasteiger partial charge in [0.25, 0.3) is 10.1 Å². The van der Waals surface area contributed by atoms with Crippen molar-refractivity contribution in [3.63, 3.8) is 0 Å². The largest absolute Gasteiger partial charge is 0.377 e. The molecule has 5 nitrogen and oxygen atoms in total. The molecule has 0 aliphatic heterocycles. The predicted octanol–water partition coefficient (Wildman–Crippen LogP) is 6.03. The maximum Gasteiger partial charge on any atom is 0.297 e. The number of benzene rings is 3. The van der Waals surface area contributed by atoms with Gasteiger partial charge < -0.3 is 4.74 Å². The van der Waals surface area contributed by atoms with Gasteiger partial charge in [-0.1, -0.05) is 71.8 Å². The van der Waals surface area contributed by atoms with Crippen molar-refractivity contribution in [2.24, 2.45) is 0 Å². The topological polar surface area (TPSA) is 76.4 Å². The molecule has 0 N–H and O–H groups in total. The molecule has 2 unspecified atom stereocenters. The van der Waals surface area contributed by atoms with Gasteiger partial charge in [-0.3, -0.25) is 4.18 Å². The number of halogens is 1. The third kappa shape index (κ3) is 7.69. The van der Waals surface area contributed by atoms with Crippen LogP contribution in [-0.2, 0) is 25.6 Å².